The molecule has 1 aliphatic carbocycles. The third-order valence-corrected chi connectivity index (χ3v) is 1.39. The fourth-order valence-electron chi connectivity index (χ4n) is 0.601. The van der Waals surface area contributed by atoms with Crippen molar-refractivity contribution >= 4 is 11.6 Å². The van der Waals surface area contributed by atoms with Gasteiger partial charge in [-0.3, -0.25) is 0 Å². The lowest BCUT2D eigenvalue weighted by Gasteiger charge is -2.02. The van der Waals surface area contributed by atoms with E-state index in [0.29, 0.717) is 12.2 Å². The van der Waals surface area contributed by atoms with Crippen molar-refractivity contribution in [1.29, 1.82) is 0 Å². The second kappa shape index (κ2) is 2.23. The molecular weight excluding hydrogens is 124 g/mol. The summed E-state index contributed by atoms with van der Waals surface area (Å²) in [5.41, 5.74) is 0. The number of hydrogen-bond donors (Lipinski definition) is 1. The second-order valence-electron chi connectivity index (χ2n) is 1.77. The summed E-state index contributed by atoms with van der Waals surface area (Å²) in [7, 11) is 0. The lowest BCUT2D eigenvalue weighted by Crippen LogP contribution is -1.86. The Morgan fingerprint density at radius 2 is 2.12 bits per heavy atom. The molecule has 0 aromatic heterocycles. The molecule has 2 heteroatoms. The minimum absolute atomic E-state index is 0.425. The summed E-state index contributed by atoms with van der Waals surface area (Å²) in [5.74, 6) is 0.425. The maximum absolute atomic E-state index is 8.78. The van der Waals surface area contributed by atoms with Crippen molar-refractivity contribution in [2.24, 2.45) is 0 Å². The van der Waals surface area contributed by atoms with Crippen molar-refractivity contribution in [3.63, 3.8) is 0 Å². The van der Waals surface area contributed by atoms with E-state index >= 15 is 0 Å². The summed E-state index contributed by atoms with van der Waals surface area (Å²) in [4.78, 5) is 0. The maximum Gasteiger partial charge on any atom is 0.0926 e. The third-order valence-electron chi connectivity index (χ3n) is 1.08. The minimum atomic E-state index is 0.425. The van der Waals surface area contributed by atoms with Crippen LogP contribution in [0.2, 0.25) is 0 Å². The van der Waals surface area contributed by atoms with E-state index in [-0.39, 0.29) is 0 Å². The molecule has 0 bridgehead atoms. The Morgan fingerprint density at radius 3 is 2.50 bits per heavy atom. The number of aliphatic hydroxyl groups is 1. The Labute approximate surface area is 53.3 Å². The zero-order chi connectivity index (χ0) is 5.98. The SMILES string of the molecule is OC1=CC=C(Cl)CC1. The Bertz CT molecular complexity index is 129. The van der Waals surface area contributed by atoms with Crippen molar-refractivity contribution < 1.29 is 5.11 Å². The summed E-state index contributed by atoms with van der Waals surface area (Å²) in [6, 6.07) is 0. The zero-order valence-corrected chi connectivity index (χ0v) is 5.15. The predicted octanol–water partition coefficient (Wildman–Crippen LogP) is 2.34. The number of allylic oxidation sites excluding steroid dienone is 4. The highest BCUT2D eigenvalue weighted by Crippen LogP contribution is 2.18. The highest BCUT2D eigenvalue weighted by molar-refractivity contribution is 6.29. The van der Waals surface area contributed by atoms with Gasteiger partial charge in [0.1, 0.15) is 0 Å². The van der Waals surface area contributed by atoms with E-state index in [1.54, 1.807) is 12.2 Å². The van der Waals surface area contributed by atoms with Gasteiger partial charge in [0, 0.05) is 11.5 Å². The first-order valence-electron chi connectivity index (χ1n) is 2.53. The van der Waals surface area contributed by atoms with Crippen molar-refractivity contribution in [1.82, 2.24) is 0 Å². The molecule has 0 saturated heterocycles. The van der Waals surface area contributed by atoms with Crippen LogP contribution >= 0.6 is 11.6 Å². The van der Waals surface area contributed by atoms with Gasteiger partial charge in [0.15, 0.2) is 0 Å². The molecule has 44 valence electrons. The van der Waals surface area contributed by atoms with Crippen molar-refractivity contribution in [3.05, 3.63) is 22.9 Å². The van der Waals surface area contributed by atoms with Gasteiger partial charge in [-0.05, 0) is 18.6 Å². The molecule has 0 saturated carbocycles. The number of aliphatic hydroxyl groups excluding tert-OH is 1. The van der Waals surface area contributed by atoms with E-state index in [1.165, 1.54) is 0 Å². The molecule has 1 N–H and O–H groups in total. The molecule has 0 aliphatic heterocycles. The topological polar surface area (TPSA) is 20.2 Å². The average molecular weight is 131 g/mol. The van der Waals surface area contributed by atoms with Crippen molar-refractivity contribution in [3.8, 4) is 0 Å². The third kappa shape index (κ3) is 1.27. The monoisotopic (exact) mass is 130 g/mol. The Morgan fingerprint density at radius 1 is 1.38 bits per heavy atom. The largest absolute Gasteiger partial charge is 0.512 e. The van der Waals surface area contributed by atoms with E-state index in [4.69, 9.17) is 16.7 Å². The van der Waals surface area contributed by atoms with Gasteiger partial charge in [-0.2, -0.15) is 0 Å². The van der Waals surface area contributed by atoms with Crippen LogP contribution in [0.4, 0.5) is 0 Å². The molecule has 0 radical (unpaired) electrons. The number of rotatable bonds is 0. The molecule has 0 atom stereocenters. The van der Waals surface area contributed by atoms with Crippen molar-refractivity contribution in [2.75, 3.05) is 0 Å². The fourth-order valence-corrected chi connectivity index (χ4v) is 0.758. The van der Waals surface area contributed by atoms with Crippen LogP contribution in [0.3, 0.4) is 0 Å². The Kier molecular flexibility index (Phi) is 1.59. The molecule has 1 nitrogen and oxygen atoms in total. The highest BCUT2D eigenvalue weighted by atomic mass is 35.5. The summed E-state index contributed by atoms with van der Waals surface area (Å²) < 4.78 is 0. The first kappa shape index (κ1) is 5.70. The molecule has 0 aromatic carbocycles. The first-order chi connectivity index (χ1) is 3.79. The van der Waals surface area contributed by atoms with Gasteiger partial charge in [-0.1, -0.05) is 11.6 Å². The van der Waals surface area contributed by atoms with Gasteiger partial charge in [-0.25, -0.2) is 0 Å². The van der Waals surface area contributed by atoms with Gasteiger partial charge in [-0.15, -0.1) is 0 Å². The lowest BCUT2D eigenvalue weighted by molar-refractivity contribution is 0.387. The summed E-state index contributed by atoms with van der Waals surface area (Å²) >= 11 is 5.59. The molecule has 0 amide bonds. The zero-order valence-electron chi connectivity index (χ0n) is 4.39. The van der Waals surface area contributed by atoms with E-state index in [2.05, 4.69) is 0 Å². The summed E-state index contributed by atoms with van der Waals surface area (Å²) in [5, 5.41) is 9.61. The molecule has 8 heavy (non-hydrogen) atoms. The van der Waals surface area contributed by atoms with Crippen LogP contribution in [0.25, 0.3) is 0 Å². The van der Waals surface area contributed by atoms with E-state index in [9.17, 15) is 0 Å². The van der Waals surface area contributed by atoms with Crippen molar-refractivity contribution in [2.45, 2.75) is 12.8 Å². The minimum Gasteiger partial charge on any atom is -0.512 e. The standard InChI is InChI=1S/C6H7ClO/c7-5-1-3-6(8)4-2-5/h1,3,8H,2,4H2. The number of halogens is 1. The van der Waals surface area contributed by atoms with Gasteiger partial charge in [0.2, 0.25) is 0 Å². The van der Waals surface area contributed by atoms with Crippen LogP contribution in [0, 0.1) is 0 Å². The first-order valence-corrected chi connectivity index (χ1v) is 2.91. The molecule has 0 spiro atoms. The van der Waals surface area contributed by atoms with Crippen LogP contribution in [-0.4, -0.2) is 5.11 Å². The maximum atomic E-state index is 8.78. The number of hydrogen-bond acceptors (Lipinski definition) is 1. The molecule has 0 unspecified atom stereocenters. The Balaban J connectivity index is 2.65. The molecule has 1 aliphatic rings. The van der Waals surface area contributed by atoms with Crippen LogP contribution in [0.15, 0.2) is 22.9 Å². The summed E-state index contributed by atoms with van der Waals surface area (Å²) in [6.07, 6.45) is 4.82. The van der Waals surface area contributed by atoms with Gasteiger partial charge in [0.05, 0.1) is 5.76 Å². The van der Waals surface area contributed by atoms with E-state index in [0.717, 1.165) is 11.5 Å². The molecule has 0 fully saturated rings. The second-order valence-corrected chi connectivity index (χ2v) is 2.26. The molecule has 1 rings (SSSR count). The van der Waals surface area contributed by atoms with Crippen LogP contribution in [0.5, 0.6) is 0 Å². The molecule has 0 aromatic rings. The van der Waals surface area contributed by atoms with Crippen LogP contribution in [-0.2, 0) is 0 Å². The average Bonchev–Trinajstić information content (AvgIpc) is 1.77. The normalized spacial score (nSPS) is 19.6. The van der Waals surface area contributed by atoms with E-state index < -0.39 is 0 Å². The predicted molar refractivity (Wildman–Crippen MR) is 33.9 cm³/mol. The fraction of sp³-hybridized carbons (Fsp3) is 0.333. The smallest absolute Gasteiger partial charge is 0.0926 e. The molecule has 0 heterocycles. The van der Waals surface area contributed by atoms with E-state index in [1.807, 2.05) is 0 Å². The van der Waals surface area contributed by atoms with Gasteiger partial charge < -0.3 is 5.11 Å². The highest BCUT2D eigenvalue weighted by Gasteiger charge is 2.00. The quantitative estimate of drug-likeness (QED) is 0.534. The molecular formula is C6H7ClO. The summed E-state index contributed by atoms with van der Waals surface area (Å²) in [6.45, 7) is 0. The van der Waals surface area contributed by atoms with Crippen LogP contribution in [0.1, 0.15) is 12.8 Å². The lowest BCUT2D eigenvalue weighted by atomic mass is 10.2. The van der Waals surface area contributed by atoms with Gasteiger partial charge >= 0.3 is 0 Å². The van der Waals surface area contributed by atoms with Gasteiger partial charge in [0.25, 0.3) is 0 Å². The van der Waals surface area contributed by atoms with Crippen LogP contribution < -0.4 is 0 Å². The Hall–Kier alpha value is -0.430.